The third-order valence-corrected chi connectivity index (χ3v) is 3.67. The Hall–Kier alpha value is -2.73. The number of benzene rings is 2. The van der Waals surface area contributed by atoms with E-state index in [4.69, 9.17) is 26.8 Å². The van der Waals surface area contributed by atoms with Crippen molar-refractivity contribution in [1.82, 2.24) is 5.43 Å². The van der Waals surface area contributed by atoms with Gasteiger partial charge in [0.05, 0.1) is 19.4 Å². The minimum atomic E-state index is -0.718. The number of ether oxygens (including phenoxy) is 2. The van der Waals surface area contributed by atoms with Gasteiger partial charge in [-0.3, -0.25) is 0 Å². The average Bonchev–Trinajstić information content (AvgIpc) is 2.58. The van der Waals surface area contributed by atoms with Crippen LogP contribution >= 0.6 is 11.6 Å². The lowest BCUT2D eigenvalue weighted by atomic mass is 10.2. The Morgan fingerprint density at radius 2 is 2.00 bits per heavy atom. The first kappa shape index (κ1) is 18.6. The molecular formula is C18H20ClN3O3. The summed E-state index contributed by atoms with van der Waals surface area (Å²) in [6.45, 7) is 2.95. The van der Waals surface area contributed by atoms with Crippen LogP contribution in [0, 0.1) is 6.92 Å². The Balaban J connectivity index is 1.78. The third-order valence-electron chi connectivity index (χ3n) is 3.24. The number of carbonyl (C=O) groups excluding carboxylic acids is 1. The zero-order valence-corrected chi connectivity index (χ0v) is 14.6. The van der Waals surface area contributed by atoms with Crippen molar-refractivity contribution < 1.29 is 14.3 Å². The molecule has 0 fully saturated rings. The summed E-state index contributed by atoms with van der Waals surface area (Å²) in [5.41, 5.74) is 8.83. The molecule has 0 radical (unpaired) electrons. The van der Waals surface area contributed by atoms with Gasteiger partial charge in [-0.15, -0.1) is 0 Å². The smallest absolute Gasteiger partial charge is 0.332 e. The van der Waals surface area contributed by atoms with Crippen LogP contribution in [0.4, 0.5) is 4.79 Å². The van der Waals surface area contributed by atoms with Crippen LogP contribution in [0.2, 0.25) is 5.02 Å². The van der Waals surface area contributed by atoms with E-state index in [1.165, 1.54) is 6.21 Å². The largest absolute Gasteiger partial charge is 0.493 e. The van der Waals surface area contributed by atoms with Crippen molar-refractivity contribution in [3.63, 3.8) is 0 Å². The summed E-state index contributed by atoms with van der Waals surface area (Å²) in [6, 6.07) is 12.2. The van der Waals surface area contributed by atoms with Gasteiger partial charge in [0.15, 0.2) is 0 Å². The Labute approximate surface area is 151 Å². The van der Waals surface area contributed by atoms with Gasteiger partial charge in [-0.1, -0.05) is 23.7 Å². The van der Waals surface area contributed by atoms with Crippen LogP contribution in [0.25, 0.3) is 0 Å². The first-order chi connectivity index (χ1) is 12.1. The lowest BCUT2D eigenvalue weighted by Gasteiger charge is -2.10. The molecule has 132 valence electrons. The van der Waals surface area contributed by atoms with Gasteiger partial charge in [-0.2, -0.15) is 5.10 Å². The Morgan fingerprint density at radius 3 is 2.76 bits per heavy atom. The molecule has 0 bridgehead atoms. The average molecular weight is 362 g/mol. The number of carbonyl (C=O) groups is 1. The molecule has 0 aliphatic heterocycles. The normalized spacial score (nSPS) is 10.6. The number of amides is 2. The quantitative estimate of drug-likeness (QED) is 0.428. The molecule has 25 heavy (non-hydrogen) atoms. The molecule has 0 saturated carbocycles. The molecule has 0 unspecified atom stereocenters. The van der Waals surface area contributed by atoms with E-state index in [1.54, 1.807) is 0 Å². The summed E-state index contributed by atoms with van der Waals surface area (Å²) in [5, 5.41) is 4.46. The number of nitrogens with zero attached hydrogens (tertiary/aromatic N) is 1. The van der Waals surface area contributed by atoms with E-state index in [9.17, 15) is 4.79 Å². The molecule has 0 spiro atoms. The second kappa shape index (κ2) is 9.54. The fraction of sp³-hybridized carbons (Fsp3) is 0.222. The summed E-state index contributed by atoms with van der Waals surface area (Å²) >= 11 is 5.98. The van der Waals surface area contributed by atoms with Gasteiger partial charge in [-0.25, -0.2) is 10.2 Å². The van der Waals surface area contributed by atoms with E-state index in [2.05, 4.69) is 10.5 Å². The Morgan fingerprint density at radius 1 is 1.24 bits per heavy atom. The minimum absolute atomic E-state index is 0.487. The Kier molecular flexibility index (Phi) is 7.10. The number of halogens is 1. The van der Waals surface area contributed by atoms with Crippen LogP contribution in [0.15, 0.2) is 47.6 Å². The van der Waals surface area contributed by atoms with Crippen molar-refractivity contribution in [3.8, 4) is 11.5 Å². The Bertz CT molecular complexity index is 750. The van der Waals surface area contributed by atoms with Crippen molar-refractivity contribution in [1.29, 1.82) is 0 Å². The van der Waals surface area contributed by atoms with Crippen molar-refractivity contribution in [2.45, 2.75) is 13.3 Å². The highest BCUT2D eigenvalue weighted by Gasteiger charge is 2.02. The highest BCUT2D eigenvalue weighted by atomic mass is 35.5. The molecule has 2 amide bonds. The van der Waals surface area contributed by atoms with Crippen molar-refractivity contribution in [2.75, 3.05) is 13.2 Å². The van der Waals surface area contributed by atoms with Gasteiger partial charge in [0.25, 0.3) is 0 Å². The molecular weight excluding hydrogens is 342 g/mol. The maximum atomic E-state index is 10.6. The van der Waals surface area contributed by atoms with Crippen molar-refractivity contribution in [3.05, 3.63) is 58.6 Å². The maximum Gasteiger partial charge on any atom is 0.332 e. The molecule has 6 nitrogen and oxygen atoms in total. The molecule has 0 atom stereocenters. The molecule has 0 aliphatic carbocycles. The maximum absolute atomic E-state index is 10.6. The summed E-state index contributed by atoms with van der Waals surface area (Å²) in [7, 11) is 0. The number of hydrazone groups is 1. The topological polar surface area (TPSA) is 85.9 Å². The molecule has 0 aromatic heterocycles. The number of hydrogen-bond donors (Lipinski definition) is 2. The van der Waals surface area contributed by atoms with E-state index in [0.29, 0.717) is 25.4 Å². The minimum Gasteiger partial charge on any atom is -0.493 e. The molecule has 3 N–H and O–H groups in total. The molecule has 2 aromatic carbocycles. The van der Waals surface area contributed by atoms with E-state index in [1.807, 2.05) is 49.4 Å². The monoisotopic (exact) mass is 361 g/mol. The first-order valence-electron chi connectivity index (χ1n) is 7.75. The van der Waals surface area contributed by atoms with E-state index < -0.39 is 6.03 Å². The van der Waals surface area contributed by atoms with Crippen LogP contribution < -0.4 is 20.6 Å². The zero-order chi connectivity index (χ0) is 18.1. The van der Waals surface area contributed by atoms with Crippen LogP contribution in [0.3, 0.4) is 0 Å². The highest BCUT2D eigenvalue weighted by molar-refractivity contribution is 6.31. The standard InChI is InChI=1S/C18H20ClN3O3/c1-13-11-15(7-8-16(13)19)24-9-4-10-25-17-6-3-2-5-14(17)12-21-22-18(20)23/h2-3,5-8,11-12H,4,9-10H2,1H3,(H3,20,22,23)/b21-12-. The predicted octanol–water partition coefficient (Wildman–Crippen LogP) is 3.50. The number of nitrogens with two attached hydrogens (primary N) is 1. The molecule has 2 rings (SSSR count). The third kappa shape index (κ3) is 6.35. The number of primary amides is 1. The van der Waals surface area contributed by atoms with E-state index in [0.717, 1.165) is 21.9 Å². The van der Waals surface area contributed by atoms with Crippen molar-refractivity contribution in [2.24, 2.45) is 10.8 Å². The van der Waals surface area contributed by atoms with Crippen molar-refractivity contribution >= 4 is 23.8 Å². The molecule has 7 heteroatoms. The van der Waals surface area contributed by atoms with Gasteiger partial charge < -0.3 is 15.2 Å². The summed E-state index contributed by atoms with van der Waals surface area (Å²) in [6.07, 6.45) is 2.19. The molecule has 0 aliphatic rings. The van der Waals surface area contributed by atoms with Gasteiger partial charge in [0, 0.05) is 17.0 Å². The van der Waals surface area contributed by atoms with E-state index in [-0.39, 0.29) is 0 Å². The van der Waals surface area contributed by atoms with Crippen LogP contribution in [-0.2, 0) is 0 Å². The summed E-state index contributed by atoms with van der Waals surface area (Å²) in [5.74, 6) is 1.45. The molecule has 0 saturated heterocycles. The zero-order valence-electron chi connectivity index (χ0n) is 13.9. The van der Waals surface area contributed by atoms with Crippen LogP contribution in [0.1, 0.15) is 17.5 Å². The highest BCUT2D eigenvalue weighted by Crippen LogP contribution is 2.21. The number of urea groups is 1. The second-order valence-corrected chi connectivity index (χ2v) is 5.64. The SMILES string of the molecule is Cc1cc(OCCCOc2ccccc2/C=N\NC(N)=O)ccc1Cl. The number of aryl methyl sites for hydroxylation is 1. The second-order valence-electron chi connectivity index (χ2n) is 5.23. The lowest BCUT2D eigenvalue weighted by molar-refractivity contribution is 0.247. The van der Waals surface area contributed by atoms with Crippen LogP contribution in [0.5, 0.6) is 11.5 Å². The summed E-state index contributed by atoms with van der Waals surface area (Å²) < 4.78 is 11.4. The lowest BCUT2D eigenvalue weighted by Crippen LogP contribution is -2.24. The van der Waals surface area contributed by atoms with Gasteiger partial charge in [0.2, 0.25) is 0 Å². The number of para-hydroxylation sites is 1. The number of nitrogens with one attached hydrogen (secondary N) is 1. The van der Waals surface area contributed by atoms with Gasteiger partial charge in [0.1, 0.15) is 11.5 Å². The van der Waals surface area contributed by atoms with E-state index >= 15 is 0 Å². The molecule has 0 heterocycles. The van der Waals surface area contributed by atoms with Crippen LogP contribution in [-0.4, -0.2) is 25.5 Å². The number of hydrogen-bond acceptors (Lipinski definition) is 4. The fourth-order valence-electron chi connectivity index (χ4n) is 2.02. The first-order valence-corrected chi connectivity index (χ1v) is 8.13. The van der Waals surface area contributed by atoms with Gasteiger partial charge >= 0.3 is 6.03 Å². The summed E-state index contributed by atoms with van der Waals surface area (Å²) in [4.78, 5) is 10.6. The predicted molar refractivity (Wildman–Crippen MR) is 98.6 cm³/mol. The number of rotatable bonds is 8. The van der Waals surface area contributed by atoms with Gasteiger partial charge in [-0.05, 0) is 42.8 Å². The molecule has 2 aromatic rings. The fourth-order valence-corrected chi connectivity index (χ4v) is 2.14.